The minimum absolute atomic E-state index is 0.274. The van der Waals surface area contributed by atoms with E-state index in [2.05, 4.69) is 5.32 Å². The first-order valence-electron chi connectivity index (χ1n) is 5.17. The minimum atomic E-state index is -0.274. The highest BCUT2D eigenvalue weighted by Crippen LogP contribution is 2.20. The van der Waals surface area contributed by atoms with Gasteiger partial charge in [-0.1, -0.05) is 23.2 Å². The fraction of sp³-hybridized carbons (Fsp3) is 0. The van der Waals surface area contributed by atoms with Crippen LogP contribution in [0.5, 0.6) is 0 Å². The summed E-state index contributed by atoms with van der Waals surface area (Å²) in [5.74, 6) is -0.274. The summed E-state index contributed by atoms with van der Waals surface area (Å²) in [5, 5.41) is 3.57. The standard InChI is InChI=1S/C13H10Cl2N2O/c14-9-5-8(6-10(15)7-9)13(18)17-12-3-1-11(16)2-4-12/h1-7H,16H2,(H,17,18). The summed E-state index contributed by atoms with van der Waals surface area (Å²) in [6, 6.07) is 11.5. The second-order valence-electron chi connectivity index (χ2n) is 3.73. The lowest BCUT2D eigenvalue weighted by Crippen LogP contribution is -2.11. The van der Waals surface area contributed by atoms with Crippen molar-refractivity contribution in [2.45, 2.75) is 0 Å². The molecule has 0 spiro atoms. The number of carbonyl (C=O) groups is 1. The Hall–Kier alpha value is -1.71. The SMILES string of the molecule is Nc1ccc(NC(=O)c2cc(Cl)cc(Cl)c2)cc1. The Labute approximate surface area is 115 Å². The Balaban J connectivity index is 2.19. The molecule has 0 unspecified atom stereocenters. The second-order valence-corrected chi connectivity index (χ2v) is 4.61. The smallest absolute Gasteiger partial charge is 0.255 e. The lowest BCUT2D eigenvalue weighted by atomic mass is 10.2. The van der Waals surface area contributed by atoms with Gasteiger partial charge in [-0.25, -0.2) is 0 Å². The number of hydrogen-bond acceptors (Lipinski definition) is 2. The first kappa shape index (κ1) is 12.7. The third kappa shape index (κ3) is 3.15. The van der Waals surface area contributed by atoms with Gasteiger partial charge >= 0.3 is 0 Å². The van der Waals surface area contributed by atoms with Crippen molar-refractivity contribution in [1.29, 1.82) is 0 Å². The van der Waals surface area contributed by atoms with E-state index in [0.717, 1.165) is 0 Å². The normalized spacial score (nSPS) is 10.1. The van der Waals surface area contributed by atoms with Crippen LogP contribution in [0.4, 0.5) is 11.4 Å². The van der Waals surface area contributed by atoms with Gasteiger partial charge in [0, 0.05) is 27.0 Å². The van der Waals surface area contributed by atoms with Crippen LogP contribution in [0.15, 0.2) is 42.5 Å². The number of nitrogens with two attached hydrogens (primary N) is 1. The van der Waals surface area contributed by atoms with E-state index in [1.807, 2.05) is 0 Å². The van der Waals surface area contributed by atoms with Crippen molar-refractivity contribution < 1.29 is 4.79 Å². The Morgan fingerprint density at radius 1 is 1.00 bits per heavy atom. The summed E-state index contributed by atoms with van der Waals surface area (Å²) in [5.41, 5.74) is 7.26. The summed E-state index contributed by atoms with van der Waals surface area (Å²) in [4.78, 5) is 11.9. The van der Waals surface area contributed by atoms with Crippen molar-refractivity contribution in [3.63, 3.8) is 0 Å². The van der Waals surface area contributed by atoms with E-state index >= 15 is 0 Å². The zero-order valence-electron chi connectivity index (χ0n) is 9.28. The number of halogens is 2. The van der Waals surface area contributed by atoms with Crippen LogP contribution in [0.3, 0.4) is 0 Å². The van der Waals surface area contributed by atoms with Crippen LogP contribution in [0.25, 0.3) is 0 Å². The van der Waals surface area contributed by atoms with Crippen LogP contribution in [0.2, 0.25) is 10.0 Å². The topological polar surface area (TPSA) is 55.1 Å². The molecule has 3 nitrogen and oxygen atoms in total. The molecule has 0 atom stereocenters. The Morgan fingerprint density at radius 2 is 1.56 bits per heavy atom. The van der Waals surface area contributed by atoms with Gasteiger partial charge in [-0.05, 0) is 42.5 Å². The van der Waals surface area contributed by atoms with Crippen molar-refractivity contribution in [3.05, 3.63) is 58.1 Å². The average molecular weight is 281 g/mol. The zero-order chi connectivity index (χ0) is 13.1. The summed E-state index contributed by atoms with van der Waals surface area (Å²) < 4.78 is 0. The first-order chi connectivity index (χ1) is 8.54. The van der Waals surface area contributed by atoms with Gasteiger partial charge in [0.2, 0.25) is 0 Å². The van der Waals surface area contributed by atoms with Gasteiger partial charge in [0.25, 0.3) is 5.91 Å². The highest BCUT2D eigenvalue weighted by atomic mass is 35.5. The van der Waals surface area contributed by atoms with Gasteiger partial charge in [-0.3, -0.25) is 4.79 Å². The summed E-state index contributed by atoms with van der Waals surface area (Å²) in [6.07, 6.45) is 0. The van der Waals surface area contributed by atoms with Gasteiger partial charge in [-0.2, -0.15) is 0 Å². The fourth-order valence-corrected chi connectivity index (χ4v) is 1.98. The van der Waals surface area contributed by atoms with Crippen LogP contribution < -0.4 is 11.1 Å². The molecule has 0 bridgehead atoms. The molecule has 2 aromatic carbocycles. The Bertz CT molecular complexity index is 562. The zero-order valence-corrected chi connectivity index (χ0v) is 10.8. The number of carbonyl (C=O) groups excluding carboxylic acids is 1. The molecule has 0 radical (unpaired) electrons. The van der Waals surface area contributed by atoms with E-state index in [0.29, 0.717) is 27.0 Å². The number of nitrogen functional groups attached to an aromatic ring is 1. The van der Waals surface area contributed by atoms with E-state index in [1.54, 1.807) is 42.5 Å². The maximum atomic E-state index is 11.9. The van der Waals surface area contributed by atoms with Gasteiger partial charge < -0.3 is 11.1 Å². The average Bonchev–Trinajstić information content (AvgIpc) is 2.31. The lowest BCUT2D eigenvalue weighted by molar-refractivity contribution is 0.102. The molecule has 0 aliphatic carbocycles. The maximum absolute atomic E-state index is 11.9. The van der Waals surface area contributed by atoms with Crippen LogP contribution in [-0.2, 0) is 0 Å². The van der Waals surface area contributed by atoms with Crippen LogP contribution in [0, 0.1) is 0 Å². The molecule has 2 aromatic rings. The molecule has 0 aliphatic rings. The molecule has 3 N–H and O–H groups in total. The van der Waals surface area contributed by atoms with E-state index in [1.165, 1.54) is 0 Å². The van der Waals surface area contributed by atoms with Crippen molar-refractivity contribution in [2.24, 2.45) is 0 Å². The van der Waals surface area contributed by atoms with E-state index in [9.17, 15) is 4.79 Å². The monoisotopic (exact) mass is 280 g/mol. The molecule has 92 valence electrons. The second kappa shape index (κ2) is 5.29. The number of rotatable bonds is 2. The maximum Gasteiger partial charge on any atom is 0.255 e. The Kier molecular flexibility index (Phi) is 3.75. The molecule has 0 saturated heterocycles. The van der Waals surface area contributed by atoms with Crippen LogP contribution in [-0.4, -0.2) is 5.91 Å². The molecule has 18 heavy (non-hydrogen) atoms. The number of anilines is 2. The van der Waals surface area contributed by atoms with Gasteiger partial charge in [0.1, 0.15) is 0 Å². The van der Waals surface area contributed by atoms with Crippen molar-refractivity contribution in [1.82, 2.24) is 0 Å². The molecule has 0 fully saturated rings. The van der Waals surface area contributed by atoms with Gasteiger partial charge in [-0.15, -0.1) is 0 Å². The largest absolute Gasteiger partial charge is 0.399 e. The van der Waals surface area contributed by atoms with Crippen molar-refractivity contribution in [3.8, 4) is 0 Å². The molecule has 0 aromatic heterocycles. The molecular weight excluding hydrogens is 271 g/mol. The van der Waals surface area contributed by atoms with E-state index in [4.69, 9.17) is 28.9 Å². The van der Waals surface area contributed by atoms with Crippen molar-refractivity contribution >= 4 is 40.5 Å². The summed E-state index contributed by atoms with van der Waals surface area (Å²) >= 11 is 11.7. The van der Waals surface area contributed by atoms with Crippen LogP contribution in [0.1, 0.15) is 10.4 Å². The van der Waals surface area contributed by atoms with E-state index < -0.39 is 0 Å². The lowest BCUT2D eigenvalue weighted by Gasteiger charge is -2.06. The molecule has 2 rings (SSSR count). The highest BCUT2D eigenvalue weighted by Gasteiger charge is 2.08. The van der Waals surface area contributed by atoms with Gasteiger partial charge in [0.05, 0.1) is 0 Å². The van der Waals surface area contributed by atoms with E-state index in [-0.39, 0.29) is 5.91 Å². The highest BCUT2D eigenvalue weighted by molar-refractivity contribution is 6.35. The number of benzene rings is 2. The minimum Gasteiger partial charge on any atom is -0.399 e. The third-order valence-corrected chi connectivity index (χ3v) is 2.73. The number of amides is 1. The molecule has 0 heterocycles. The molecular formula is C13H10Cl2N2O. The molecule has 1 amide bonds. The molecule has 0 saturated carbocycles. The Morgan fingerprint density at radius 3 is 2.11 bits per heavy atom. The number of nitrogens with one attached hydrogen (secondary N) is 1. The summed E-state index contributed by atoms with van der Waals surface area (Å²) in [7, 11) is 0. The van der Waals surface area contributed by atoms with Crippen molar-refractivity contribution in [2.75, 3.05) is 11.1 Å². The first-order valence-corrected chi connectivity index (χ1v) is 5.93. The predicted octanol–water partition coefficient (Wildman–Crippen LogP) is 3.83. The van der Waals surface area contributed by atoms with Gasteiger partial charge in [0.15, 0.2) is 0 Å². The predicted molar refractivity (Wildman–Crippen MR) is 75.3 cm³/mol. The third-order valence-electron chi connectivity index (χ3n) is 2.29. The fourth-order valence-electron chi connectivity index (χ4n) is 1.45. The number of hydrogen-bond donors (Lipinski definition) is 2. The summed E-state index contributed by atoms with van der Waals surface area (Å²) in [6.45, 7) is 0. The molecule has 5 heteroatoms. The molecule has 0 aliphatic heterocycles. The quantitative estimate of drug-likeness (QED) is 0.822. The van der Waals surface area contributed by atoms with Crippen LogP contribution >= 0.6 is 23.2 Å².